The Morgan fingerprint density at radius 3 is 2.71 bits per heavy atom. The predicted octanol–water partition coefficient (Wildman–Crippen LogP) is 4.75. The van der Waals surface area contributed by atoms with Crippen LogP contribution in [-0.4, -0.2) is 12.1 Å². The quantitative estimate of drug-likeness (QED) is 0.751. The van der Waals surface area contributed by atoms with E-state index in [-0.39, 0.29) is 11.7 Å². The van der Waals surface area contributed by atoms with Gasteiger partial charge in [-0.05, 0) is 49.7 Å². The smallest absolute Gasteiger partial charge is 0.341 e. The van der Waals surface area contributed by atoms with Crippen LogP contribution in [0.25, 0.3) is 0 Å². The van der Waals surface area contributed by atoms with Crippen LogP contribution in [0.4, 0.5) is 4.39 Å². The molecule has 1 aliphatic rings. The molecule has 1 aromatic rings. The lowest BCUT2D eigenvalue weighted by Crippen LogP contribution is -2.36. The normalized spacial score (nSPS) is 25.9. The highest BCUT2D eigenvalue weighted by Gasteiger charge is 2.34. The minimum atomic E-state index is -0.527. The second kappa shape index (κ2) is 6.59. The molecule has 0 aromatic heterocycles. The van der Waals surface area contributed by atoms with Gasteiger partial charge in [-0.25, -0.2) is 9.18 Å². The van der Waals surface area contributed by atoms with E-state index in [4.69, 9.17) is 4.74 Å². The minimum Gasteiger partial charge on any atom is -0.458 e. The zero-order chi connectivity index (χ0) is 15.6. The Balaban J connectivity index is 2.14. The lowest BCUT2D eigenvalue weighted by atomic mass is 9.75. The van der Waals surface area contributed by atoms with E-state index in [0.717, 1.165) is 18.4 Å². The van der Waals surface area contributed by atoms with Crippen LogP contribution >= 0.6 is 0 Å². The molecule has 116 valence electrons. The van der Waals surface area contributed by atoms with Crippen molar-refractivity contribution in [3.05, 3.63) is 35.1 Å². The molecule has 2 nitrogen and oxygen atoms in total. The number of hydrogen-bond acceptors (Lipinski definition) is 2. The van der Waals surface area contributed by atoms with Gasteiger partial charge >= 0.3 is 5.97 Å². The zero-order valence-corrected chi connectivity index (χ0v) is 13.4. The van der Waals surface area contributed by atoms with Crippen LogP contribution in [0.15, 0.2) is 18.2 Å². The van der Waals surface area contributed by atoms with E-state index in [1.54, 1.807) is 12.1 Å². The summed E-state index contributed by atoms with van der Waals surface area (Å²) >= 11 is 0. The Morgan fingerprint density at radius 2 is 2.05 bits per heavy atom. The SMILES string of the molecule is Cc1ccc(F)c(C(=O)OC2CC(C)CCC2C(C)C)c1. The van der Waals surface area contributed by atoms with Crippen LogP contribution in [0.2, 0.25) is 0 Å². The Morgan fingerprint density at radius 1 is 1.33 bits per heavy atom. The van der Waals surface area contributed by atoms with Crippen molar-refractivity contribution >= 4 is 5.97 Å². The molecule has 3 unspecified atom stereocenters. The molecule has 21 heavy (non-hydrogen) atoms. The van der Waals surface area contributed by atoms with E-state index in [1.165, 1.54) is 12.5 Å². The maximum atomic E-state index is 13.8. The van der Waals surface area contributed by atoms with Gasteiger partial charge in [0.15, 0.2) is 0 Å². The van der Waals surface area contributed by atoms with Crippen LogP contribution in [0.1, 0.15) is 56.0 Å². The average molecular weight is 292 g/mol. The second-order valence-electron chi connectivity index (χ2n) is 6.75. The summed E-state index contributed by atoms with van der Waals surface area (Å²) in [4.78, 5) is 12.3. The van der Waals surface area contributed by atoms with Gasteiger partial charge in [0.1, 0.15) is 11.9 Å². The summed E-state index contributed by atoms with van der Waals surface area (Å²) in [6.45, 7) is 8.35. The summed E-state index contributed by atoms with van der Waals surface area (Å²) in [5, 5.41) is 0. The lowest BCUT2D eigenvalue weighted by molar-refractivity contribution is -0.0177. The van der Waals surface area contributed by atoms with E-state index in [0.29, 0.717) is 17.8 Å². The summed E-state index contributed by atoms with van der Waals surface area (Å²) in [5.74, 6) is 0.368. The van der Waals surface area contributed by atoms with Crippen molar-refractivity contribution in [2.45, 2.75) is 53.1 Å². The highest BCUT2D eigenvalue weighted by molar-refractivity contribution is 5.90. The summed E-state index contributed by atoms with van der Waals surface area (Å²) in [7, 11) is 0. The fourth-order valence-electron chi connectivity index (χ4n) is 3.25. The molecule has 0 aliphatic heterocycles. The lowest BCUT2D eigenvalue weighted by Gasteiger charge is -2.36. The van der Waals surface area contributed by atoms with Gasteiger partial charge in [0, 0.05) is 0 Å². The van der Waals surface area contributed by atoms with Gasteiger partial charge in [0.05, 0.1) is 5.56 Å². The fourth-order valence-corrected chi connectivity index (χ4v) is 3.25. The first kappa shape index (κ1) is 16.0. The van der Waals surface area contributed by atoms with Gasteiger partial charge in [0.2, 0.25) is 0 Å². The number of hydrogen-bond donors (Lipinski definition) is 0. The monoisotopic (exact) mass is 292 g/mol. The van der Waals surface area contributed by atoms with E-state index < -0.39 is 11.8 Å². The molecule has 1 aliphatic carbocycles. The third-order valence-corrected chi connectivity index (χ3v) is 4.56. The van der Waals surface area contributed by atoms with Gasteiger partial charge in [0.25, 0.3) is 0 Å². The van der Waals surface area contributed by atoms with Crippen LogP contribution in [0.5, 0.6) is 0 Å². The van der Waals surface area contributed by atoms with Gasteiger partial charge in [-0.15, -0.1) is 0 Å². The number of esters is 1. The number of ether oxygens (including phenoxy) is 1. The van der Waals surface area contributed by atoms with Crippen molar-refractivity contribution in [3.8, 4) is 0 Å². The molecule has 0 saturated heterocycles. The Kier molecular flexibility index (Phi) is 5.02. The van der Waals surface area contributed by atoms with Gasteiger partial charge in [-0.3, -0.25) is 0 Å². The number of carbonyl (C=O) groups excluding carboxylic acids is 1. The average Bonchev–Trinajstić information content (AvgIpc) is 2.41. The Bertz CT molecular complexity index is 510. The largest absolute Gasteiger partial charge is 0.458 e. The molecule has 0 radical (unpaired) electrons. The first-order chi connectivity index (χ1) is 9.88. The van der Waals surface area contributed by atoms with Crippen LogP contribution < -0.4 is 0 Å². The van der Waals surface area contributed by atoms with Crippen molar-refractivity contribution in [3.63, 3.8) is 0 Å². The molecule has 3 heteroatoms. The van der Waals surface area contributed by atoms with E-state index in [2.05, 4.69) is 20.8 Å². The topological polar surface area (TPSA) is 26.3 Å². The number of rotatable bonds is 3. The summed E-state index contributed by atoms with van der Waals surface area (Å²) in [6.07, 6.45) is 3.03. The highest BCUT2D eigenvalue weighted by atomic mass is 19.1. The summed E-state index contributed by atoms with van der Waals surface area (Å²) in [5.41, 5.74) is 0.913. The van der Waals surface area contributed by atoms with Crippen LogP contribution in [0, 0.1) is 30.5 Å². The number of aryl methyl sites for hydroxylation is 1. The molecular weight excluding hydrogens is 267 g/mol. The maximum absolute atomic E-state index is 13.8. The Hall–Kier alpha value is -1.38. The van der Waals surface area contributed by atoms with Crippen molar-refractivity contribution in [1.82, 2.24) is 0 Å². The fraction of sp³-hybridized carbons (Fsp3) is 0.611. The Labute approximate surface area is 126 Å². The second-order valence-corrected chi connectivity index (χ2v) is 6.75. The van der Waals surface area contributed by atoms with Gasteiger partial charge in [-0.2, -0.15) is 0 Å². The molecule has 0 N–H and O–H groups in total. The standard InChI is InChI=1S/C18H25FO2/c1-11(2)14-7-5-13(4)10-17(14)21-18(20)15-9-12(3)6-8-16(15)19/h6,8-9,11,13-14,17H,5,7,10H2,1-4H3. The number of halogens is 1. The van der Waals surface area contributed by atoms with Crippen LogP contribution in [0.3, 0.4) is 0 Å². The third-order valence-electron chi connectivity index (χ3n) is 4.56. The molecule has 0 heterocycles. The summed E-state index contributed by atoms with van der Waals surface area (Å²) in [6, 6.07) is 4.55. The van der Waals surface area contributed by atoms with Crippen molar-refractivity contribution in [2.24, 2.45) is 17.8 Å². The van der Waals surface area contributed by atoms with E-state index in [1.807, 2.05) is 6.92 Å². The number of carbonyl (C=O) groups is 1. The molecule has 0 amide bonds. The molecule has 3 atom stereocenters. The van der Waals surface area contributed by atoms with Crippen LogP contribution in [-0.2, 0) is 4.74 Å². The van der Waals surface area contributed by atoms with Crippen molar-refractivity contribution in [1.29, 1.82) is 0 Å². The first-order valence-corrected chi connectivity index (χ1v) is 7.85. The van der Waals surface area contributed by atoms with E-state index >= 15 is 0 Å². The molecule has 2 rings (SSSR count). The minimum absolute atomic E-state index is 0.0516. The zero-order valence-electron chi connectivity index (χ0n) is 13.4. The van der Waals surface area contributed by atoms with Gasteiger partial charge in [-0.1, -0.05) is 38.8 Å². The van der Waals surface area contributed by atoms with Crippen molar-refractivity contribution < 1.29 is 13.9 Å². The highest BCUT2D eigenvalue weighted by Crippen LogP contribution is 2.35. The molecular formula is C18H25FO2. The van der Waals surface area contributed by atoms with E-state index in [9.17, 15) is 9.18 Å². The molecule has 0 bridgehead atoms. The third kappa shape index (κ3) is 3.84. The predicted molar refractivity (Wildman–Crippen MR) is 81.7 cm³/mol. The molecule has 1 fully saturated rings. The first-order valence-electron chi connectivity index (χ1n) is 7.85. The molecule has 1 aromatic carbocycles. The number of benzene rings is 1. The summed E-state index contributed by atoms with van der Waals surface area (Å²) < 4.78 is 19.5. The van der Waals surface area contributed by atoms with Gasteiger partial charge < -0.3 is 4.74 Å². The van der Waals surface area contributed by atoms with Crippen molar-refractivity contribution in [2.75, 3.05) is 0 Å². The molecule has 0 spiro atoms. The maximum Gasteiger partial charge on any atom is 0.341 e. The molecule has 1 saturated carbocycles.